The van der Waals surface area contributed by atoms with Crippen molar-refractivity contribution < 1.29 is 13.2 Å². The molecule has 0 fully saturated rings. The Morgan fingerprint density at radius 2 is 2.15 bits per heavy atom. The molecule has 1 heterocycles. The van der Waals surface area contributed by atoms with Crippen LogP contribution in [0.5, 0.6) is 0 Å². The van der Waals surface area contributed by atoms with Gasteiger partial charge in [-0.15, -0.1) is 0 Å². The van der Waals surface area contributed by atoms with Crippen LogP contribution in [0.15, 0.2) is 35.5 Å². The highest BCUT2D eigenvalue weighted by molar-refractivity contribution is 7.90. The Bertz CT molecular complexity index is 723. The zero-order chi connectivity index (χ0) is 14.8. The second-order valence-corrected chi connectivity index (χ2v) is 6.37. The molecule has 0 aliphatic carbocycles. The lowest BCUT2D eigenvalue weighted by Crippen LogP contribution is -2.23. The van der Waals surface area contributed by atoms with E-state index < -0.39 is 15.7 Å². The molecule has 0 radical (unpaired) electrons. The predicted octanol–water partition coefficient (Wildman–Crippen LogP) is 0.325. The molecule has 4 N–H and O–H groups in total. The smallest absolute Gasteiger partial charge is 0.251 e. The van der Waals surface area contributed by atoms with E-state index in [1.807, 2.05) is 0 Å². The first kappa shape index (κ1) is 14.1. The number of hydrogen-bond donors (Lipinski definition) is 3. The number of nitrogen functional groups attached to an aromatic ring is 1. The van der Waals surface area contributed by atoms with Gasteiger partial charge in [0.15, 0.2) is 9.84 Å². The summed E-state index contributed by atoms with van der Waals surface area (Å²) in [5.41, 5.74) is 6.86. The molecule has 8 heteroatoms. The minimum absolute atomic E-state index is 0.0194. The summed E-state index contributed by atoms with van der Waals surface area (Å²) in [6.45, 7) is 0.290. The Kier molecular flexibility index (Phi) is 3.75. The first-order valence-electron chi connectivity index (χ1n) is 5.73. The van der Waals surface area contributed by atoms with E-state index in [1.165, 1.54) is 18.2 Å². The summed E-state index contributed by atoms with van der Waals surface area (Å²) in [5, 5.41) is 9.05. The van der Waals surface area contributed by atoms with Gasteiger partial charge in [0, 0.05) is 35.8 Å². The lowest BCUT2D eigenvalue weighted by Gasteiger charge is -2.07. The molecule has 0 bridgehead atoms. The van der Waals surface area contributed by atoms with Gasteiger partial charge in [-0.3, -0.25) is 9.89 Å². The van der Waals surface area contributed by atoms with Crippen LogP contribution in [0.2, 0.25) is 0 Å². The van der Waals surface area contributed by atoms with Crippen LogP contribution in [0.4, 0.5) is 5.69 Å². The van der Waals surface area contributed by atoms with E-state index in [2.05, 4.69) is 15.5 Å². The van der Waals surface area contributed by atoms with Gasteiger partial charge in [0.25, 0.3) is 5.91 Å². The second kappa shape index (κ2) is 5.33. The molecule has 106 valence electrons. The fourth-order valence-corrected chi connectivity index (χ4v) is 2.32. The van der Waals surface area contributed by atoms with Crippen LogP contribution >= 0.6 is 0 Å². The fourth-order valence-electron chi connectivity index (χ4n) is 1.63. The highest BCUT2D eigenvalue weighted by atomic mass is 32.2. The van der Waals surface area contributed by atoms with Gasteiger partial charge in [-0.2, -0.15) is 5.10 Å². The van der Waals surface area contributed by atoms with E-state index >= 15 is 0 Å². The average molecular weight is 294 g/mol. The number of sulfone groups is 1. The molecular weight excluding hydrogens is 280 g/mol. The standard InChI is InChI=1S/C12H14N4O3S/c1-20(18,19)11-3-9(2-10(13)4-11)12(17)14-5-8-6-15-16-7-8/h2-4,6-7H,5,13H2,1H3,(H,14,17)(H,15,16). The van der Waals surface area contributed by atoms with Gasteiger partial charge >= 0.3 is 0 Å². The molecule has 0 aliphatic heterocycles. The quantitative estimate of drug-likeness (QED) is 0.702. The number of hydrogen-bond acceptors (Lipinski definition) is 5. The van der Waals surface area contributed by atoms with Gasteiger partial charge in [-0.05, 0) is 18.2 Å². The lowest BCUT2D eigenvalue weighted by molar-refractivity contribution is 0.0950. The first-order chi connectivity index (χ1) is 9.36. The molecule has 1 aromatic heterocycles. The van der Waals surface area contributed by atoms with Crippen molar-refractivity contribution in [2.24, 2.45) is 0 Å². The summed E-state index contributed by atoms with van der Waals surface area (Å²) in [6, 6.07) is 4.05. The second-order valence-electron chi connectivity index (χ2n) is 4.35. The number of nitrogens with one attached hydrogen (secondary N) is 2. The van der Waals surface area contributed by atoms with Gasteiger partial charge in [0.05, 0.1) is 11.1 Å². The van der Waals surface area contributed by atoms with Crippen LogP contribution in [-0.2, 0) is 16.4 Å². The van der Waals surface area contributed by atoms with Gasteiger partial charge in [0.2, 0.25) is 0 Å². The Hall–Kier alpha value is -2.35. The van der Waals surface area contributed by atoms with Gasteiger partial charge in [0.1, 0.15) is 0 Å². The van der Waals surface area contributed by atoms with Crippen molar-refractivity contribution in [3.05, 3.63) is 41.7 Å². The van der Waals surface area contributed by atoms with Crippen molar-refractivity contribution >= 4 is 21.4 Å². The minimum atomic E-state index is -3.41. The topological polar surface area (TPSA) is 118 Å². The molecule has 1 amide bonds. The van der Waals surface area contributed by atoms with Crippen LogP contribution in [-0.4, -0.2) is 30.8 Å². The van der Waals surface area contributed by atoms with E-state index in [4.69, 9.17) is 5.73 Å². The van der Waals surface area contributed by atoms with Crippen LogP contribution in [0, 0.1) is 0 Å². The molecule has 7 nitrogen and oxygen atoms in total. The molecule has 1 aromatic carbocycles. The molecule has 2 aromatic rings. The number of amides is 1. The number of aromatic amines is 1. The van der Waals surface area contributed by atoms with Crippen LogP contribution in [0.3, 0.4) is 0 Å². The Morgan fingerprint density at radius 1 is 1.40 bits per heavy atom. The molecule has 0 spiro atoms. The maximum Gasteiger partial charge on any atom is 0.251 e. The highest BCUT2D eigenvalue weighted by Crippen LogP contribution is 2.16. The summed E-state index contributed by atoms with van der Waals surface area (Å²) in [4.78, 5) is 12.0. The summed E-state index contributed by atoms with van der Waals surface area (Å²) < 4.78 is 23.0. The molecular formula is C12H14N4O3S. The Balaban J connectivity index is 2.19. The van der Waals surface area contributed by atoms with Gasteiger partial charge < -0.3 is 11.1 Å². The van der Waals surface area contributed by atoms with Crippen molar-refractivity contribution in [1.82, 2.24) is 15.5 Å². The van der Waals surface area contributed by atoms with Crippen molar-refractivity contribution in [2.75, 3.05) is 12.0 Å². The van der Waals surface area contributed by atoms with Crippen molar-refractivity contribution in [1.29, 1.82) is 0 Å². The maximum atomic E-state index is 12.0. The molecule has 0 saturated carbocycles. The zero-order valence-electron chi connectivity index (χ0n) is 10.8. The third-order valence-corrected chi connectivity index (χ3v) is 3.72. The van der Waals surface area contributed by atoms with E-state index in [0.717, 1.165) is 11.8 Å². The zero-order valence-corrected chi connectivity index (χ0v) is 11.6. The number of nitrogens with zero attached hydrogens (tertiary/aromatic N) is 1. The van der Waals surface area contributed by atoms with Crippen molar-refractivity contribution in [2.45, 2.75) is 11.4 Å². The van der Waals surface area contributed by atoms with E-state index in [0.29, 0.717) is 6.54 Å². The minimum Gasteiger partial charge on any atom is -0.399 e. The largest absolute Gasteiger partial charge is 0.399 e. The third kappa shape index (κ3) is 3.35. The first-order valence-corrected chi connectivity index (χ1v) is 7.62. The summed E-state index contributed by atoms with van der Waals surface area (Å²) in [6.07, 6.45) is 4.30. The van der Waals surface area contributed by atoms with E-state index in [9.17, 15) is 13.2 Å². The number of carbonyl (C=O) groups excluding carboxylic acids is 1. The van der Waals surface area contributed by atoms with Crippen molar-refractivity contribution in [3.8, 4) is 0 Å². The highest BCUT2D eigenvalue weighted by Gasteiger charge is 2.13. The molecule has 0 unspecified atom stereocenters. The van der Waals surface area contributed by atoms with Crippen LogP contribution < -0.4 is 11.1 Å². The number of aromatic nitrogens is 2. The van der Waals surface area contributed by atoms with E-state index in [-0.39, 0.29) is 16.1 Å². The number of carbonyl (C=O) groups is 1. The predicted molar refractivity (Wildman–Crippen MR) is 73.7 cm³/mol. The van der Waals surface area contributed by atoms with Gasteiger partial charge in [-0.25, -0.2) is 8.42 Å². The Morgan fingerprint density at radius 3 is 2.75 bits per heavy atom. The average Bonchev–Trinajstić information content (AvgIpc) is 2.87. The van der Waals surface area contributed by atoms with Crippen LogP contribution in [0.1, 0.15) is 15.9 Å². The van der Waals surface area contributed by atoms with Gasteiger partial charge in [-0.1, -0.05) is 0 Å². The third-order valence-electron chi connectivity index (χ3n) is 2.63. The Labute approximate surface area is 116 Å². The summed E-state index contributed by atoms with van der Waals surface area (Å²) >= 11 is 0. The molecule has 20 heavy (non-hydrogen) atoms. The SMILES string of the molecule is CS(=O)(=O)c1cc(N)cc(C(=O)NCc2cn[nH]c2)c1. The summed E-state index contributed by atoms with van der Waals surface area (Å²) in [7, 11) is -3.41. The lowest BCUT2D eigenvalue weighted by atomic mass is 10.2. The number of anilines is 1. The molecule has 0 saturated heterocycles. The fraction of sp³-hybridized carbons (Fsp3) is 0.167. The number of nitrogens with two attached hydrogens (primary N) is 1. The normalized spacial score (nSPS) is 11.2. The molecule has 2 rings (SSSR count). The number of H-pyrrole nitrogens is 1. The number of rotatable bonds is 4. The molecule has 0 aliphatic rings. The maximum absolute atomic E-state index is 12.0. The van der Waals surface area contributed by atoms with E-state index in [1.54, 1.807) is 12.4 Å². The summed E-state index contributed by atoms with van der Waals surface area (Å²) in [5.74, 6) is -0.400. The number of benzene rings is 1. The molecule has 0 atom stereocenters. The van der Waals surface area contributed by atoms with Crippen molar-refractivity contribution in [3.63, 3.8) is 0 Å². The monoisotopic (exact) mass is 294 g/mol. The van der Waals surface area contributed by atoms with Crippen LogP contribution in [0.25, 0.3) is 0 Å².